The minimum Gasteiger partial charge on any atom is -0.490 e. The number of rotatable bonds is 8. The van der Waals surface area contributed by atoms with E-state index < -0.39 is 23.7 Å². The Balaban J connectivity index is 0.819. The van der Waals surface area contributed by atoms with Gasteiger partial charge in [-0.2, -0.15) is 5.26 Å². The zero-order chi connectivity index (χ0) is 36.1. The summed E-state index contributed by atoms with van der Waals surface area (Å²) in [7, 11) is 0. The third-order valence-corrected chi connectivity index (χ3v) is 11.3. The number of anilines is 1. The number of hydrogen-bond acceptors (Lipinski definition) is 10. The van der Waals surface area contributed by atoms with E-state index in [2.05, 4.69) is 30.6 Å². The van der Waals surface area contributed by atoms with Gasteiger partial charge < -0.3 is 19.9 Å². The molecule has 3 aromatic rings. The van der Waals surface area contributed by atoms with Crippen LogP contribution < -0.4 is 20.3 Å². The van der Waals surface area contributed by atoms with Crippen molar-refractivity contribution in [2.75, 3.05) is 18.0 Å². The number of halogens is 2. The van der Waals surface area contributed by atoms with E-state index in [-0.39, 0.29) is 66.7 Å². The summed E-state index contributed by atoms with van der Waals surface area (Å²) in [5, 5.41) is 23.4. The average Bonchev–Trinajstić information content (AvgIpc) is 3.48. The molecule has 3 atom stereocenters. The summed E-state index contributed by atoms with van der Waals surface area (Å²) in [5.41, 5.74) is 1.72. The highest BCUT2D eigenvalue weighted by atomic mass is 35.5. The molecule has 0 radical (unpaired) electrons. The Labute approximate surface area is 304 Å². The standard InChI is InChI=1S/C37H36ClFN8O5/c38-29-14-26(5-1-20(29)15-40)52-25-6-3-22(4-7-25)41-35(49)30-9-11-32(44-43-30)45-17-23-13-24(18-45)46(23)16-21-2-8-27-28(34(21)39)19-47(37(27)51)31-10-12-33(48)42-36(31)50/h1-2,5,8-9,11,14,22-25,31H,3-4,6-7,10,12-13,16-19H2,(H,41,49)(H,42,48,50). The SMILES string of the molecule is N#Cc1ccc(OC2CCC(NC(=O)c3ccc(N4CC5CC(C4)N5Cc4ccc5c(c4F)CN(C4CCC(=O)NC4=O)C5=O)nn3)CC2)cc1Cl. The number of aromatic nitrogens is 2. The van der Waals surface area contributed by atoms with Gasteiger partial charge in [-0.1, -0.05) is 17.7 Å². The number of carbonyl (C=O) groups is 4. The number of hydrogen-bond donors (Lipinski definition) is 2. The highest BCUT2D eigenvalue weighted by Crippen LogP contribution is 2.37. The Hall–Kier alpha value is -5.13. The minimum absolute atomic E-state index is 0.000599. The fourth-order valence-corrected chi connectivity index (χ4v) is 8.37. The first-order valence-electron chi connectivity index (χ1n) is 17.6. The summed E-state index contributed by atoms with van der Waals surface area (Å²) in [5.74, 6) is -0.661. The van der Waals surface area contributed by atoms with Crippen molar-refractivity contribution in [2.24, 2.45) is 0 Å². The second-order valence-corrected chi connectivity index (χ2v) is 14.6. The number of ether oxygens (including phenoxy) is 1. The van der Waals surface area contributed by atoms with Crippen LogP contribution in [-0.2, 0) is 22.7 Å². The average molecular weight is 727 g/mol. The summed E-state index contributed by atoms with van der Waals surface area (Å²) in [4.78, 5) is 55.8. The van der Waals surface area contributed by atoms with Crippen LogP contribution in [0.4, 0.5) is 10.2 Å². The third kappa shape index (κ3) is 6.43. The van der Waals surface area contributed by atoms with Crippen molar-refractivity contribution < 1.29 is 28.3 Å². The van der Waals surface area contributed by atoms with Gasteiger partial charge in [-0.3, -0.25) is 29.4 Å². The molecule has 13 nitrogen and oxygen atoms in total. The van der Waals surface area contributed by atoms with Crippen LogP contribution in [0.15, 0.2) is 42.5 Å². The van der Waals surface area contributed by atoms with Gasteiger partial charge >= 0.3 is 0 Å². The number of nitrogens with one attached hydrogen (secondary N) is 2. The first kappa shape index (κ1) is 34.0. The van der Waals surface area contributed by atoms with E-state index >= 15 is 4.39 Å². The number of carbonyl (C=O) groups excluding carboxylic acids is 4. The van der Waals surface area contributed by atoms with Gasteiger partial charge in [0.1, 0.15) is 23.7 Å². The number of piperazine rings is 1. The highest BCUT2D eigenvalue weighted by molar-refractivity contribution is 6.31. The first-order chi connectivity index (χ1) is 25.1. The molecule has 6 heterocycles. The first-order valence-corrected chi connectivity index (χ1v) is 18.0. The van der Waals surface area contributed by atoms with E-state index in [9.17, 15) is 19.2 Å². The van der Waals surface area contributed by atoms with Crippen LogP contribution in [0.2, 0.25) is 5.02 Å². The van der Waals surface area contributed by atoms with Crippen molar-refractivity contribution in [3.8, 4) is 11.8 Å². The maximum absolute atomic E-state index is 15.8. The van der Waals surface area contributed by atoms with Crippen molar-refractivity contribution in [1.29, 1.82) is 5.26 Å². The van der Waals surface area contributed by atoms with Gasteiger partial charge in [0, 0.05) is 66.9 Å². The number of nitrogens with zero attached hydrogens (tertiary/aromatic N) is 6. The molecule has 5 fully saturated rings. The predicted octanol–water partition coefficient (Wildman–Crippen LogP) is 3.48. The molecule has 4 saturated heterocycles. The second kappa shape index (κ2) is 13.8. The molecule has 6 aliphatic rings. The number of imide groups is 1. The van der Waals surface area contributed by atoms with Crippen LogP contribution in [0.3, 0.4) is 0 Å². The molecular formula is C37H36ClFN8O5. The van der Waals surface area contributed by atoms with Gasteiger partial charge in [0.25, 0.3) is 11.8 Å². The molecule has 52 heavy (non-hydrogen) atoms. The van der Waals surface area contributed by atoms with Gasteiger partial charge in [-0.15, -0.1) is 10.2 Å². The molecule has 2 N–H and O–H groups in total. The Bertz CT molecular complexity index is 1990. The van der Waals surface area contributed by atoms with E-state index in [1.54, 1.807) is 36.4 Å². The van der Waals surface area contributed by atoms with Gasteiger partial charge in [-0.25, -0.2) is 4.39 Å². The molecule has 1 aliphatic carbocycles. The van der Waals surface area contributed by atoms with Crippen LogP contribution in [0.1, 0.15) is 82.5 Å². The number of piperidine rings is 2. The summed E-state index contributed by atoms with van der Waals surface area (Å²) in [6.45, 7) is 1.77. The molecule has 3 unspecified atom stereocenters. The zero-order valence-corrected chi connectivity index (χ0v) is 28.9. The van der Waals surface area contributed by atoms with Gasteiger partial charge in [0.15, 0.2) is 11.5 Å². The molecule has 5 aliphatic heterocycles. The number of nitriles is 1. The smallest absolute Gasteiger partial charge is 0.272 e. The van der Waals surface area contributed by atoms with E-state index in [0.29, 0.717) is 52.9 Å². The molecule has 2 aromatic carbocycles. The van der Waals surface area contributed by atoms with E-state index in [0.717, 1.165) is 32.1 Å². The van der Waals surface area contributed by atoms with Crippen molar-refractivity contribution >= 4 is 41.0 Å². The van der Waals surface area contributed by atoms with Gasteiger partial charge in [0.05, 0.1) is 23.2 Å². The lowest BCUT2D eigenvalue weighted by molar-refractivity contribution is -0.136. The fraction of sp³-hybridized carbons (Fsp3) is 0.432. The second-order valence-electron chi connectivity index (χ2n) is 14.2. The molecule has 15 heteroatoms. The summed E-state index contributed by atoms with van der Waals surface area (Å²) >= 11 is 6.13. The van der Waals surface area contributed by atoms with E-state index in [4.69, 9.17) is 21.6 Å². The molecule has 4 amide bonds. The maximum Gasteiger partial charge on any atom is 0.272 e. The molecule has 9 rings (SSSR count). The normalized spacial score (nSPS) is 25.6. The lowest BCUT2D eigenvalue weighted by atomic mass is 9.86. The largest absolute Gasteiger partial charge is 0.490 e. The number of amides is 4. The van der Waals surface area contributed by atoms with Crippen LogP contribution in [0.5, 0.6) is 5.75 Å². The van der Waals surface area contributed by atoms with Gasteiger partial charge in [0.2, 0.25) is 11.8 Å². The Morgan fingerprint density at radius 2 is 1.83 bits per heavy atom. The molecule has 268 valence electrons. The lowest BCUT2D eigenvalue weighted by Gasteiger charge is -2.56. The van der Waals surface area contributed by atoms with Crippen LogP contribution in [-0.4, -0.2) is 87.0 Å². The molecular weight excluding hydrogens is 691 g/mol. The van der Waals surface area contributed by atoms with Crippen molar-refractivity contribution in [2.45, 2.75) is 88.3 Å². The molecule has 1 aromatic heterocycles. The maximum atomic E-state index is 15.8. The fourth-order valence-electron chi connectivity index (χ4n) is 8.16. The van der Waals surface area contributed by atoms with Gasteiger partial charge in [-0.05, 0) is 68.9 Å². The van der Waals surface area contributed by atoms with E-state index in [1.165, 1.54) is 4.90 Å². The molecule has 1 saturated carbocycles. The van der Waals surface area contributed by atoms with Crippen molar-refractivity contribution in [3.05, 3.63) is 81.3 Å². The van der Waals surface area contributed by atoms with E-state index in [1.807, 2.05) is 12.1 Å². The van der Waals surface area contributed by atoms with Crippen LogP contribution in [0, 0.1) is 17.1 Å². The summed E-state index contributed by atoms with van der Waals surface area (Å²) < 4.78 is 21.9. The lowest BCUT2D eigenvalue weighted by Crippen LogP contribution is -2.68. The van der Waals surface area contributed by atoms with Crippen molar-refractivity contribution in [3.63, 3.8) is 0 Å². The van der Waals surface area contributed by atoms with Crippen LogP contribution >= 0.6 is 11.6 Å². The molecule has 2 bridgehead atoms. The quantitative estimate of drug-likeness (QED) is 0.329. The minimum atomic E-state index is -0.790. The summed E-state index contributed by atoms with van der Waals surface area (Å²) in [6, 6.07) is 13.5. The Morgan fingerprint density at radius 3 is 2.52 bits per heavy atom. The topological polar surface area (TPSA) is 161 Å². The predicted molar refractivity (Wildman–Crippen MR) is 185 cm³/mol. The zero-order valence-electron chi connectivity index (χ0n) is 28.2. The molecule has 0 spiro atoms. The van der Waals surface area contributed by atoms with Crippen LogP contribution in [0.25, 0.3) is 0 Å². The number of fused-ring (bicyclic) bond motifs is 3. The number of benzene rings is 2. The summed E-state index contributed by atoms with van der Waals surface area (Å²) in [6.07, 6.45) is 4.40. The van der Waals surface area contributed by atoms with Crippen molar-refractivity contribution in [1.82, 2.24) is 30.6 Å². The highest BCUT2D eigenvalue weighted by Gasteiger charge is 2.46. The Morgan fingerprint density at radius 1 is 1.04 bits per heavy atom. The monoisotopic (exact) mass is 726 g/mol. The Kier molecular flexibility index (Phi) is 9.00. The third-order valence-electron chi connectivity index (χ3n) is 11.0.